The molecule has 1 aromatic heterocycles. The van der Waals surface area contributed by atoms with Crippen LogP contribution < -0.4 is 5.73 Å². The van der Waals surface area contributed by atoms with Crippen LogP contribution in [0.25, 0.3) is 11.3 Å². The van der Waals surface area contributed by atoms with Crippen LogP contribution in [0.15, 0.2) is 24.3 Å². The first kappa shape index (κ1) is 12.7. The quantitative estimate of drug-likeness (QED) is 0.898. The van der Waals surface area contributed by atoms with Crippen molar-refractivity contribution in [2.24, 2.45) is 7.05 Å². The summed E-state index contributed by atoms with van der Waals surface area (Å²) in [5.41, 5.74) is 10.8. The van der Waals surface area contributed by atoms with Crippen molar-refractivity contribution in [2.75, 3.05) is 5.73 Å². The number of benzene rings is 1. The summed E-state index contributed by atoms with van der Waals surface area (Å²) in [6.07, 6.45) is 1.00. The molecule has 3 heteroatoms. The molecule has 0 atom stereocenters. The molecule has 0 aliphatic rings. The lowest BCUT2D eigenvalue weighted by Crippen LogP contribution is -2.00. The Kier molecular flexibility index (Phi) is 3.41. The summed E-state index contributed by atoms with van der Waals surface area (Å²) in [5.74, 6) is 1.14. The van der Waals surface area contributed by atoms with Crippen LogP contribution in [0.3, 0.4) is 0 Å². The molecule has 1 heterocycles. The molecular weight excluding hydrogens is 222 g/mol. The largest absolute Gasteiger partial charge is 0.384 e. The van der Waals surface area contributed by atoms with Crippen molar-refractivity contribution in [1.29, 1.82) is 0 Å². The van der Waals surface area contributed by atoms with Crippen molar-refractivity contribution in [3.05, 3.63) is 35.4 Å². The van der Waals surface area contributed by atoms with Gasteiger partial charge in [-0.3, -0.25) is 4.68 Å². The van der Waals surface area contributed by atoms with Crippen LogP contribution in [0, 0.1) is 0 Å². The summed E-state index contributed by atoms with van der Waals surface area (Å²) in [5, 5.41) is 4.60. The molecule has 0 amide bonds. The molecule has 2 N–H and O–H groups in total. The number of hydrogen-bond donors (Lipinski definition) is 1. The number of aromatic nitrogens is 2. The van der Waals surface area contributed by atoms with E-state index in [2.05, 4.69) is 50.1 Å². The van der Waals surface area contributed by atoms with E-state index >= 15 is 0 Å². The standard InChI is InChI=1S/C15H21N3/c1-5-11-8-6-7-9-12(11)14-13(10(2)3)15(16)18(4)17-14/h6-10H,5,16H2,1-4H3. The van der Waals surface area contributed by atoms with Crippen LogP contribution in [0.5, 0.6) is 0 Å². The van der Waals surface area contributed by atoms with E-state index in [1.165, 1.54) is 11.1 Å². The first-order valence-electron chi connectivity index (χ1n) is 6.46. The second kappa shape index (κ2) is 4.84. The van der Waals surface area contributed by atoms with Crippen molar-refractivity contribution in [3.63, 3.8) is 0 Å². The molecule has 0 fully saturated rings. The van der Waals surface area contributed by atoms with E-state index in [4.69, 9.17) is 5.73 Å². The van der Waals surface area contributed by atoms with Crippen LogP contribution in [-0.2, 0) is 13.5 Å². The summed E-state index contributed by atoms with van der Waals surface area (Å²) in [6, 6.07) is 8.42. The highest BCUT2D eigenvalue weighted by Gasteiger charge is 2.19. The van der Waals surface area contributed by atoms with Crippen molar-refractivity contribution >= 4 is 5.82 Å². The SMILES string of the molecule is CCc1ccccc1-c1nn(C)c(N)c1C(C)C. The van der Waals surface area contributed by atoms with Crippen LogP contribution in [0.2, 0.25) is 0 Å². The Balaban J connectivity index is 2.67. The van der Waals surface area contributed by atoms with Gasteiger partial charge in [0.05, 0.1) is 5.69 Å². The Bertz CT molecular complexity index is 553. The molecule has 2 aromatic rings. The summed E-state index contributed by atoms with van der Waals surface area (Å²) < 4.78 is 1.77. The molecule has 0 spiro atoms. The highest BCUT2D eigenvalue weighted by Crippen LogP contribution is 2.34. The fourth-order valence-electron chi connectivity index (χ4n) is 2.38. The number of nitrogens with two attached hydrogens (primary N) is 1. The Hall–Kier alpha value is -1.77. The topological polar surface area (TPSA) is 43.8 Å². The zero-order valence-electron chi connectivity index (χ0n) is 11.6. The Morgan fingerprint density at radius 2 is 1.94 bits per heavy atom. The van der Waals surface area contributed by atoms with Gasteiger partial charge in [0, 0.05) is 18.2 Å². The third kappa shape index (κ3) is 2.01. The average Bonchev–Trinajstić information content (AvgIpc) is 2.65. The average molecular weight is 243 g/mol. The van der Waals surface area contributed by atoms with E-state index in [1.54, 1.807) is 4.68 Å². The van der Waals surface area contributed by atoms with Crippen LogP contribution in [0.1, 0.15) is 37.8 Å². The zero-order chi connectivity index (χ0) is 13.3. The van der Waals surface area contributed by atoms with Crippen molar-refractivity contribution in [1.82, 2.24) is 9.78 Å². The normalized spacial score (nSPS) is 11.2. The number of rotatable bonds is 3. The predicted molar refractivity (Wildman–Crippen MR) is 76.5 cm³/mol. The third-order valence-electron chi connectivity index (χ3n) is 3.36. The van der Waals surface area contributed by atoms with Gasteiger partial charge in [0.2, 0.25) is 0 Å². The smallest absolute Gasteiger partial charge is 0.125 e. The first-order valence-corrected chi connectivity index (χ1v) is 6.46. The lowest BCUT2D eigenvalue weighted by molar-refractivity contribution is 0.779. The molecule has 2 rings (SSSR count). The monoisotopic (exact) mass is 243 g/mol. The molecule has 0 radical (unpaired) electrons. The van der Waals surface area contributed by atoms with E-state index in [0.29, 0.717) is 5.92 Å². The maximum atomic E-state index is 6.13. The number of anilines is 1. The van der Waals surface area contributed by atoms with E-state index in [1.807, 2.05) is 7.05 Å². The third-order valence-corrected chi connectivity index (χ3v) is 3.36. The Labute approximate surface area is 109 Å². The molecule has 0 bridgehead atoms. The second-order valence-electron chi connectivity index (χ2n) is 4.94. The molecule has 3 nitrogen and oxygen atoms in total. The summed E-state index contributed by atoms with van der Waals surface area (Å²) >= 11 is 0. The van der Waals surface area contributed by atoms with Gasteiger partial charge in [-0.25, -0.2) is 0 Å². The van der Waals surface area contributed by atoms with Gasteiger partial charge in [0.25, 0.3) is 0 Å². The molecule has 1 aromatic carbocycles. The molecule has 96 valence electrons. The minimum absolute atomic E-state index is 0.374. The Morgan fingerprint density at radius 1 is 1.28 bits per heavy atom. The summed E-state index contributed by atoms with van der Waals surface area (Å²) in [7, 11) is 1.90. The number of nitrogens with zero attached hydrogens (tertiary/aromatic N) is 2. The van der Waals surface area contributed by atoms with E-state index in [-0.39, 0.29) is 0 Å². The van der Waals surface area contributed by atoms with Crippen LogP contribution in [-0.4, -0.2) is 9.78 Å². The van der Waals surface area contributed by atoms with E-state index in [0.717, 1.165) is 23.5 Å². The molecule has 18 heavy (non-hydrogen) atoms. The molecule has 0 saturated carbocycles. The van der Waals surface area contributed by atoms with Crippen molar-refractivity contribution < 1.29 is 0 Å². The van der Waals surface area contributed by atoms with Gasteiger partial charge in [-0.05, 0) is 17.9 Å². The molecule has 0 aliphatic carbocycles. The van der Waals surface area contributed by atoms with E-state index in [9.17, 15) is 0 Å². The van der Waals surface area contributed by atoms with Gasteiger partial charge in [0.1, 0.15) is 5.82 Å². The number of aryl methyl sites for hydroxylation is 2. The first-order chi connectivity index (χ1) is 8.56. The van der Waals surface area contributed by atoms with Gasteiger partial charge in [-0.2, -0.15) is 5.10 Å². The van der Waals surface area contributed by atoms with Crippen molar-refractivity contribution in [2.45, 2.75) is 33.1 Å². The molecular formula is C15H21N3. The van der Waals surface area contributed by atoms with Crippen LogP contribution >= 0.6 is 0 Å². The van der Waals surface area contributed by atoms with E-state index < -0.39 is 0 Å². The Morgan fingerprint density at radius 3 is 2.56 bits per heavy atom. The molecule has 0 unspecified atom stereocenters. The lowest BCUT2D eigenvalue weighted by atomic mass is 9.95. The predicted octanol–water partition coefficient (Wildman–Crippen LogP) is 3.36. The van der Waals surface area contributed by atoms with Gasteiger partial charge < -0.3 is 5.73 Å². The van der Waals surface area contributed by atoms with Crippen LogP contribution in [0.4, 0.5) is 5.82 Å². The number of nitrogen functional groups attached to an aromatic ring is 1. The minimum Gasteiger partial charge on any atom is -0.384 e. The van der Waals surface area contributed by atoms with Gasteiger partial charge >= 0.3 is 0 Å². The highest BCUT2D eigenvalue weighted by molar-refractivity contribution is 5.72. The lowest BCUT2D eigenvalue weighted by Gasteiger charge is -2.10. The molecule has 0 aliphatic heterocycles. The summed E-state index contributed by atoms with van der Waals surface area (Å²) in [6.45, 7) is 6.48. The van der Waals surface area contributed by atoms with Gasteiger partial charge in [-0.1, -0.05) is 45.0 Å². The van der Waals surface area contributed by atoms with Gasteiger partial charge in [0.15, 0.2) is 0 Å². The maximum Gasteiger partial charge on any atom is 0.125 e. The maximum absolute atomic E-state index is 6.13. The van der Waals surface area contributed by atoms with Gasteiger partial charge in [-0.15, -0.1) is 0 Å². The highest BCUT2D eigenvalue weighted by atomic mass is 15.3. The van der Waals surface area contributed by atoms with Crippen molar-refractivity contribution in [3.8, 4) is 11.3 Å². The fourth-order valence-corrected chi connectivity index (χ4v) is 2.38. The fraction of sp³-hybridized carbons (Fsp3) is 0.400. The molecule has 0 saturated heterocycles. The second-order valence-corrected chi connectivity index (χ2v) is 4.94. The summed E-state index contributed by atoms with van der Waals surface area (Å²) in [4.78, 5) is 0. The zero-order valence-corrected chi connectivity index (χ0v) is 11.6. The number of hydrogen-bond acceptors (Lipinski definition) is 2. The minimum atomic E-state index is 0.374.